The van der Waals surface area contributed by atoms with Crippen LogP contribution in [0.4, 0.5) is 0 Å². The Morgan fingerprint density at radius 3 is 2.52 bits per heavy atom. The molecule has 3 N–H and O–H groups in total. The summed E-state index contributed by atoms with van der Waals surface area (Å²) in [6.45, 7) is 1.31. The Morgan fingerprint density at radius 2 is 2.10 bits per heavy atom. The summed E-state index contributed by atoms with van der Waals surface area (Å²) in [6, 6.07) is 1.51. The second kappa shape index (κ2) is 7.08. The molecule has 1 atom stereocenters. The van der Waals surface area contributed by atoms with Crippen molar-refractivity contribution in [2.45, 2.75) is 24.3 Å². The summed E-state index contributed by atoms with van der Waals surface area (Å²) >= 11 is 5.77. The normalized spacial score (nSPS) is 13.0. The lowest BCUT2D eigenvalue weighted by Gasteiger charge is -2.17. The van der Waals surface area contributed by atoms with E-state index in [9.17, 15) is 13.2 Å². The van der Waals surface area contributed by atoms with Gasteiger partial charge in [0.05, 0.1) is 13.7 Å². The maximum absolute atomic E-state index is 12.3. The average Bonchev–Trinajstić information content (AvgIpc) is 2.43. The van der Waals surface area contributed by atoms with Gasteiger partial charge in [-0.1, -0.05) is 18.5 Å². The van der Waals surface area contributed by atoms with Crippen molar-refractivity contribution in [1.29, 1.82) is 0 Å². The minimum Gasteiger partial charge on any atom is -0.494 e. The molecule has 0 saturated heterocycles. The number of hydrogen-bond donors (Lipinski definition) is 3. The van der Waals surface area contributed by atoms with Crippen molar-refractivity contribution in [1.82, 2.24) is 4.72 Å². The molecule has 7 nitrogen and oxygen atoms in total. The third kappa shape index (κ3) is 4.07. The van der Waals surface area contributed by atoms with Crippen molar-refractivity contribution in [3.8, 4) is 5.75 Å². The minimum absolute atomic E-state index is 0.0504. The van der Waals surface area contributed by atoms with Crippen LogP contribution in [0, 0.1) is 0 Å². The van der Waals surface area contributed by atoms with Crippen LogP contribution in [0.15, 0.2) is 17.0 Å². The molecular formula is C12H16ClNO6S. The van der Waals surface area contributed by atoms with Crippen molar-refractivity contribution >= 4 is 27.6 Å². The van der Waals surface area contributed by atoms with Gasteiger partial charge in [0, 0.05) is 11.1 Å². The molecule has 1 rings (SSSR count). The van der Waals surface area contributed by atoms with Gasteiger partial charge in [-0.2, -0.15) is 0 Å². The van der Waals surface area contributed by atoms with Gasteiger partial charge >= 0.3 is 5.97 Å². The van der Waals surface area contributed by atoms with E-state index in [4.69, 9.17) is 26.6 Å². The zero-order chi connectivity index (χ0) is 16.2. The number of methoxy groups -OCH3 is 1. The van der Waals surface area contributed by atoms with Crippen molar-refractivity contribution in [2.75, 3.05) is 13.7 Å². The number of aliphatic hydroxyl groups is 1. The van der Waals surface area contributed by atoms with Crippen LogP contribution in [-0.2, 0) is 10.0 Å². The Balaban J connectivity index is 3.44. The Kier molecular flexibility index (Phi) is 5.97. The van der Waals surface area contributed by atoms with Crippen LogP contribution in [0.25, 0.3) is 0 Å². The van der Waals surface area contributed by atoms with E-state index < -0.39 is 22.0 Å². The standard InChI is InChI=1S/C12H16ClNO6S/c1-3-8(6-15)14-21(18,19)10-5-7(13)4-9(12(16)17)11(10)20-2/h4-5,8,14-15H,3,6H2,1-2H3,(H,16,17). The highest BCUT2D eigenvalue weighted by atomic mass is 35.5. The number of ether oxygens (including phenoxy) is 1. The first kappa shape index (κ1) is 17.7. The van der Waals surface area contributed by atoms with Gasteiger partial charge in [0.2, 0.25) is 10.0 Å². The van der Waals surface area contributed by atoms with E-state index in [1.807, 2.05) is 0 Å². The van der Waals surface area contributed by atoms with Gasteiger partial charge in [0.1, 0.15) is 10.5 Å². The molecule has 9 heteroatoms. The van der Waals surface area contributed by atoms with Crippen molar-refractivity contribution < 1.29 is 28.2 Å². The molecule has 0 heterocycles. The SMILES string of the molecule is CCC(CO)NS(=O)(=O)c1cc(Cl)cc(C(=O)O)c1OC. The molecule has 1 unspecified atom stereocenters. The molecule has 0 spiro atoms. The average molecular weight is 338 g/mol. The smallest absolute Gasteiger partial charge is 0.339 e. The number of nitrogens with one attached hydrogen (secondary N) is 1. The molecule has 0 radical (unpaired) electrons. The molecule has 0 aliphatic rings. The lowest BCUT2D eigenvalue weighted by molar-refractivity contribution is 0.0692. The van der Waals surface area contributed by atoms with Crippen LogP contribution in [0.2, 0.25) is 5.02 Å². The molecular weight excluding hydrogens is 322 g/mol. The molecule has 1 aromatic rings. The number of aromatic carboxylic acids is 1. The van der Waals surface area contributed by atoms with Crippen LogP contribution in [0.3, 0.4) is 0 Å². The van der Waals surface area contributed by atoms with E-state index in [-0.39, 0.29) is 27.8 Å². The van der Waals surface area contributed by atoms with Gasteiger partial charge in [0.15, 0.2) is 5.75 Å². The highest BCUT2D eigenvalue weighted by molar-refractivity contribution is 7.89. The largest absolute Gasteiger partial charge is 0.494 e. The summed E-state index contributed by atoms with van der Waals surface area (Å²) in [5.41, 5.74) is -0.359. The number of rotatable bonds is 7. The molecule has 0 aliphatic heterocycles. The highest BCUT2D eigenvalue weighted by Gasteiger charge is 2.27. The highest BCUT2D eigenvalue weighted by Crippen LogP contribution is 2.32. The number of carboxylic acid groups (broad SMARTS) is 1. The Bertz CT molecular complexity index is 627. The van der Waals surface area contributed by atoms with Crippen molar-refractivity contribution in [3.05, 3.63) is 22.7 Å². The number of aliphatic hydroxyl groups excluding tert-OH is 1. The van der Waals surface area contributed by atoms with Crippen LogP contribution in [0.5, 0.6) is 5.75 Å². The summed E-state index contributed by atoms with van der Waals surface area (Å²) < 4.78 is 31.8. The number of carbonyl (C=O) groups is 1. The zero-order valence-electron chi connectivity index (χ0n) is 11.5. The van der Waals surface area contributed by atoms with Gasteiger partial charge in [-0.05, 0) is 18.6 Å². The number of halogens is 1. The molecule has 0 aliphatic carbocycles. The van der Waals surface area contributed by atoms with Gasteiger partial charge in [-0.3, -0.25) is 0 Å². The second-order valence-electron chi connectivity index (χ2n) is 4.20. The fourth-order valence-corrected chi connectivity index (χ4v) is 3.48. The second-order valence-corrected chi connectivity index (χ2v) is 6.32. The van der Waals surface area contributed by atoms with Crippen molar-refractivity contribution in [2.24, 2.45) is 0 Å². The molecule has 0 fully saturated rings. The quantitative estimate of drug-likeness (QED) is 0.686. The monoisotopic (exact) mass is 337 g/mol. The molecule has 21 heavy (non-hydrogen) atoms. The minimum atomic E-state index is -4.09. The van der Waals surface area contributed by atoms with Gasteiger partial charge in [-0.15, -0.1) is 0 Å². The first-order valence-electron chi connectivity index (χ1n) is 6.00. The maximum atomic E-state index is 12.3. The maximum Gasteiger partial charge on any atom is 0.339 e. The molecule has 1 aromatic carbocycles. The molecule has 118 valence electrons. The number of carboxylic acids is 1. The lowest BCUT2D eigenvalue weighted by atomic mass is 10.2. The van der Waals surface area contributed by atoms with E-state index >= 15 is 0 Å². The summed E-state index contributed by atoms with van der Waals surface area (Å²) in [5, 5.41) is 18.1. The summed E-state index contributed by atoms with van der Waals surface area (Å²) in [6.07, 6.45) is 0.365. The van der Waals surface area contributed by atoms with E-state index in [0.29, 0.717) is 6.42 Å². The summed E-state index contributed by atoms with van der Waals surface area (Å²) in [4.78, 5) is 10.8. The third-order valence-corrected chi connectivity index (χ3v) is 4.52. The first-order chi connectivity index (χ1) is 9.76. The van der Waals surface area contributed by atoms with Crippen LogP contribution < -0.4 is 9.46 Å². The van der Waals surface area contributed by atoms with E-state index in [2.05, 4.69) is 4.72 Å². The number of sulfonamides is 1. The van der Waals surface area contributed by atoms with Crippen LogP contribution >= 0.6 is 11.6 Å². The van der Waals surface area contributed by atoms with Gasteiger partial charge in [-0.25, -0.2) is 17.9 Å². The summed E-state index contributed by atoms with van der Waals surface area (Å²) in [7, 11) is -2.92. The first-order valence-corrected chi connectivity index (χ1v) is 7.87. The van der Waals surface area contributed by atoms with Gasteiger partial charge < -0.3 is 14.9 Å². The topological polar surface area (TPSA) is 113 Å². The Morgan fingerprint density at radius 1 is 1.48 bits per heavy atom. The third-order valence-electron chi connectivity index (χ3n) is 2.78. The zero-order valence-corrected chi connectivity index (χ0v) is 13.0. The Labute approximate surface area is 127 Å². The van der Waals surface area contributed by atoms with Gasteiger partial charge in [0.25, 0.3) is 0 Å². The molecule has 0 amide bonds. The number of hydrogen-bond acceptors (Lipinski definition) is 5. The Hall–Kier alpha value is -1.35. The van der Waals surface area contributed by atoms with E-state index in [1.165, 1.54) is 0 Å². The number of benzene rings is 1. The van der Waals surface area contributed by atoms with Crippen LogP contribution in [0.1, 0.15) is 23.7 Å². The predicted molar refractivity (Wildman–Crippen MR) is 76.4 cm³/mol. The summed E-state index contributed by atoms with van der Waals surface area (Å²) in [5.74, 6) is -1.67. The van der Waals surface area contributed by atoms with E-state index in [1.54, 1.807) is 6.92 Å². The van der Waals surface area contributed by atoms with E-state index in [0.717, 1.165) is 19.2 Å². The van der Waals surface area contributed by atoms with Crippen molar-refractivity contribution in [3.63, 3.8) is 0 Å². The van der Waals surface area contributed by atoms with Crippen LogP contribution in [-0.4, -0.2) is 44.4 Å². The molecule has 0 saturated carbocycles. The lowest BCUT2D eigenvalue weighted by Crippen LogP contribution is -2.37. The fraction of sp³-hybridized carbons (Fsp3) is 0.417. The fourth-order valence-electron chi connectivity index (χ4n) is 1.67. The molecule has 0 aromatic heterocycles. The molecule has 0 bridgehead atoms. The predicted octanol–water partition coefficient (Wildman–Crippen LogP) is 1.10.